The van der Waals surface area contributed by atoms with Crippen LogP contribution >= 0.6 is 7.82 Å². The van der Waals surface area contributed by atoms with Crippen molar-refractivity contribution in [1.82, 2.24) is 0 Å². The van der Waals surface area contributed by atoms with Crippen molar-refractivity contribution in [3.8, 4) is 0 Å². The maximum absolute atomic E-state index is 12.3. The van der Waals surface area contributed by atoms with Gasteiger partial charge in [-0.05, 0) is 63.7 Å². The fraction of sp³-hybridized carbons (Fsp3) is 0.737. The average molecular weight is 699 g/mol. The molecule has 0 aromatic carbocycles. The molecule has 0 aliphatic rings. The molecule has 0 radical (unpaired) electrons. The number of unbranched alkanes of at least 4 members (excludes halogenated alkanes) is 12. The highest BCUT2D eigenvalue weighted by Crippen LogP contribution is 2.36. The van der Waals surface area contributed by atoms with E-state index in [-0.39, 0.29) is 26.1 Å². The van der Waals surface area contributed by atoms with Crippen LogP contribution in [0, 0.1) is 5.92 Å². The van der Waals surface area contributed by atoms with Gasteiger partial charge in [0.05, 0.1) is 6.61 Å². The molecular weight excluding hydrogens is 631 g/mol. The first-order chi connectivity index (χ1) is 23.1. The second kappa shape index (κ2) is 33.5. The maximum atomic E-state index is 12.3. The van der Waals surface area contributed by atoms with Gasteiger partial charge in [0.25, 0.3) is 0 Å². The minimum Gasteiger partial charge on any atom is -0.462 e. The molecule has 0 spiro atoms. The predicted molar refractivity (Wildman–Crippen MR) is 194 cm³/mol. The van der Waals surface area contributed by atoms with E-state index in [4.69, 9.17) is 24.4 Å². The van der Waals surface area contributed by atoms with Crippen LogP contribution in [0.4, 0.5) is 0 Å². The largest absolute Gasteiger partial charge is 0.469 e. The van der Waals surface area contributed by atoms with Crippen molar-refractivity contribution in [1.29, 1.82) is 0 Å². The summed E-state index contributed by atoms with van der Waals surface area (Å²) in [6.45, 7) is 3.92. The zero-order valence-electron chi connectivity index (χ0n) is 30.0. The molecule has 0 saturated heterocycles. The van der Waals surface area contributed by atoms with Crippen LogP contribution in [0.15, 0.2) is 48.6 Å². The van der Waals surface area contributed by atoms with E-state index in [1.54, 1.807) is 0 Å². The first-order valence-corrected chi connectivity index (χ1v) is 19.9. The number of ether oxygens (including phenoxy) is 2. The molecular formula is C38H67O9P. The lowest BCUT2D eigenvalue weighted by molar-refractivity contribution is -0.161. The lowest BCUT2D eigenvalue weighted by atomic mass is 10.0. The van der Waals surface area contributed by atoms with Gasteiger partial charge >= 0.3 is 19.8 Å². The van der Waals surface area contributed by atoms with Gasteiger partial charge < -0.3 is 24.4 Å². The first kappa shape index (κ1) is 46.0. The fourth-order valence-corrected chi connectivity index (χ4v) is 5.18. The topological polar surface area (TPSA) is 140 Å². The summed E-state index contributed by atoms with van der Waals surface area (Å²) in [5, 5.41) is 8.76. The van der Waals surface area contributed by atoms with Gasteiger partial charge in [-0.2, -0.15) is 0 Å². The second-order valence-corrected chi connectivity index (χ2v) is 14.0. The summed E-state index contributed by atoms with van der Waals surface area (Å²) in [5.41, 5.74) is 0. The smallest absolute Gasteiger partial charge is 0.462 e. The Morgan fingerprint density at radius 3 is 1.62 bits per heavy atom. The fourth-order valence-electron chi connectivity index (χ4n) is 4.82. The van der Waals surface area contributed by atoms with Gasteiger partial charge in [0.1, 0.15) is 6.61 Å². The van der Waals surface area contributed by atoms with E-state index in [0.717, 1.165) is 70.1 Å². The molecule has 0 rings (SSSR count). The molecule has 0 unspecified atom stereocenters. The van der Waals surface area contributed by atoms with E-state index in [1.807, 2.05) is 6.08 Å². The Morgan fingerprint density at radius 1 is 0.604 bits per heavy atom. The van der Waals surface area contributed by atoms with Crippen molar-refractivity contribution in [3.63, 3.8) is 0 Å². The molecule has 0 heterocycles. The molecule has 1 atom stereocenters. The maximum Gasteiger partial charge on any atom is 0.469 e. The SMILES string of the molecule is CC(C)CCCCCCCCCCCC(=O)O[C@H](COC(=O)CCC/C=C\C/C=C\C/C=C\C/C=C\CCCCCO)COP(=O)(O)O. The van der Waals surface area contributed by atoms with Gasteiger partial charge in [0.2, 0.25) is 0 Å². The van der Waals surface area contributed by atoms with E-state index in [1.165, 1.54) is 38.5 Å². The van der Waals surface area contributed by atoms with Gasteiger partial charge in [0.15, 0.2) is 6.10 Å². The Hall–Kier alpha value is -2.03. The molecule has 0 aliphatic heterocycles. The number of hydrogen-bond donors (Lipinski definition) is 3. The van der Waals surface area contributed by atoms with Crippen molar-refractivity contribution >= 4 is 19.8 Å². The number of carbonyl (C=O) groups excluding carboxylic acids is 2. The molecule has 10 heteroatoms. The lowest BCUT2D eigenvalue weighted by Crippen LogP contribution is -2.29. The van der Waals surface area contributed by atoms with Crippen LogP contribution in [-0.2, 0) is 28.2 Å². The standard InChI is InChI=1S/C38H67O9P/c1-35(2)29-25-21-17-13-12-15-19-23-27-31-38(41)47-36(34-46-48(42,43)44)33-45-37(40)30-26-22-18-14-10-8-6-4-3-5-7-9-11-16-20-24-28-32-39/h3,5-6,8-9,11,14,18,35-36,39H,4,7,10,12-13,15-17,19-34H2,1-2H3,(H2,42,43,44)/b5-3-,8-6-,11-9-,18-14-/t36-/m1/s1. The predicted octanol–water partition coefficient (Wildman–Crippen LogP) is 9.62. The number of carbonyl (C=O) groups is 2. The molecule has 0 aromatic heterocycles. The summed E-state index contributed by atoms with van der Waals surface area (Å²) >= 11 is 0. The van der Waals surface area contributed by atoms with Crippen LogP contribution < -0.4 is 0 Å². The Bertz CT molecular complexity index is 936. The highest BCUT2D eigenvalue weighted by molar-refractivity contribution is 7.46. The van der Waals surface area contributed by atoms with Gasteiger partial charge in [-0.15, -0.1) is 0 Å². The molecule has 0 fully saturated rings. The van der Waals surface area contributed by atoms with Crippen LogP contribution in [0.3, 0.4) is 0 Å². The normalized spacial score (nSPS) is 13.1. The van der Waals surface area contributed by atoms with Crippen molar-refractivity contribution in [2.75, 3.05) is 19.8 Å². The van der Waals surface area contributed by atoms with E-state index in [9.17, 15) is 14.2 Å². The zero-order chi connectivity index (χ0) is 35.6. The van der Waals surface area contributed by atoms with Crippen LogP contribution in [-0.4, -0.2) is 52.8 Å². The number of allylic oxidation sites excluding steroid dienone is 8. The third-order valence-corrected chi connectivity index (χ3v) is 8.07. The summed E-state index contributed by atoms with van der Waals surface area (Å²) in [5.74, 6) is -0.191. The number of aliphatic hydroxyl groups excluding tert-OH is 1. The average Bonchev–Trinajstić information content (AvgIpc) is 3.03. The summed E-state index contributed by atoms with van der Waals surface area (Å²) in [6.07, 6.45) is 35.8. The van der Waals surface area contributed by atoms with Crippen LogP contribution in [0.2, 0.25) is 0 Å². The van der Waals surface area contributed by atoms with E-state index < -0.39 is 32.5 Å². The highest BCUT2D eigenvalue weighted by atomic mass is 31.2. The third kappa shape index (κ3) is 36.8. The number of phosphoric acid groups is 1. The minimum atomic E-state index is -4.77. The van der Waals surface area contributed by atoms with Crippen molar-refractivity contribution in [2.24, 2.45) is 5.92 Å². The van der Waals surface area contributed by atoms with Gasteiger partial charge in [-0.1, -0.05) is 127 Å². The number of phosphoric ester groups is 1. The first-order valence-electron chi connectivity index (χ1n) is 18.4. The number of aliphatic hydroxyl groups is 1. The van der Waals surface area contributed by atoms with Crippen LogP contribution in [0.25, 0.3) is 0 Å². The number of hydrogen-bond acceptors (Lipinski definition) is 7. The molecule has 3 N–H and O–H groups in total. The molecule has 0 bridgehead atoms. The van der Waals surface area contributed by atoms with Crippen molar-refractivity contribution in [2.45, 2.75) is 155 Å². The summed E-state index contributed by atoms with van der Waals surface area (Å²) in [4.78, 5) is 42.6. The quantitative estimate of drug-likeness (QED) is 0.0265. The van der Waals surface area contributed by atoms with Gasteiger partial charge in [-0.3, -0.25) is 14.1 Å². The Balaban J connectivity index is 4.08. The molecule has 0 aromatic rings. The summed E-state index contributed by atoms with van der Waals surface area (Å²) < 4.78 is 26.2. The monoisotopic (exact) mass is 698 g/mol. The van der Waals surface area contributed by atoms with E-state index in [0.29, 0.717) is 19.3 Å². The van der Waals surface area contributed by atoms with Gasteiger partial charge in [-0.25, -0.2) is 4.57 Å². The zero-order valence-corrected chi connectivity index (χ0v) is 30.9. The summed E-state index contributed by atoms with van der Waals surface area (Å²) in [6, 6.07) is 0. The van der Waals surface area contributed by atoms with Gasteiger partial charge in [0, 0.05) is 19.4 Å². The van der Waals surface area contributed by atoms with Crippen LogP contribution in [0.1, 0.15) is 149 Å². The Labute approximate surface area is 291 Å². The molecule has 9 nitrogen and oxygen atoms in total. The van der Waals surface area contributed by atoms with Crippen LogP contribution in [0.5, 0.6) is 0 Å². The second-order valence-electron chi connectivity index (χ2n) is 12.8. The lowest BCUT2D eigenvalue weighted by Gasteiger charge is -2.18. The minimum absolute atomic E-state index is 0.181. The van der Waals surface area contributed by atoms with Crippen molar-refractivity contribution < 1.29 is 43.0 Å². The molecule has 278 valence electrons. The number of esters is 2. The Kier molecular flexibility index (Phi) is 32.1. The molecule has 0 amide bonds. The Morgan fingerprint density at radius 2 is 1.08 bits per heavy atom. The third-order valence-electron chi connectivity index (χ3n) is 7.58. The van der Waals surface area contributed by atoms with E-state index in [2.05, 4.69) is 60.9 Å². The van der Waals surface area contributed by atoms with E-state index >= 15 is 0 Å². The number of rotatable bonds is 33. The molecule has 0 aliphatic carbocycles. The molecule has 0 saturated carbocycles. The van der Waals surface area contributed by atoms with Crippen molar-refractivity contribution in [3.05, 3.63) is 48.6 Å². The molecule has 48 heavy (non-hydrogen) atoms. The highest BCUT2D eigenvalue weighted by Gasteiger charge is 2.22. The summed E-state index contributed by atoms with van der Waals surface area (Å²) in [7, 11) is -4.77.